The quantitative estimate of drug-likeness (QED) is 0.715. The average Bonchev–Trinajstić information content (AvgIpc) is 2.46. The number of rotatable bonds is 6. The molecule has 2 nitrogen and oxygen atoms in total. The highest BCUT2D eigenvalue weighted by Gasteiger charge is 2.13. The second-order valence-electron chi connectivity index (χ2n) is 5.58. The molecular weight excluding hydrogens is 234 g/mol. The molecule has 0 unspecified atom stereocenters. The lowest BCUT2D eigenvalue weighted by Gasteiger charge is -2.21. The molecule has 19 heavy (non-hydrogen) atoms. The average molecular weight is 258 g/mol. The first-order valence-electron chi connectivity index (χ1n) is 7.59. The van der Waals surface area contributed by atoms with Crippen LogP contribution in [0.25, 0.3) is 0 Å². The van der Waals surface area contributed by atoms with E-state index >= 15 is 0 Å². The van der Waals surface area contributed by atoms with Gasteiger partial charge in [-0.3, -0.25) is 10.1 Å². The van der Waals surface area contributed by atoms with Crippen molar-refractivity contribution >= 4 is 5.91 Å². The second kappa shape index (κ2) is 7.98. The molecule has 0 heterocycles. The standard InChI is InChI=1S/C17H24NO/c19-17(14-16-10-5-2-6-11-16)18-13-7-12-15-8-3-1-4-9-15/h2,5-6,10-11,15H,1,3-4,7-9,12-14H2. The van der Waals surface area contributed by atoms with Gasteiger partial charge in [0.25, 0.3) is 0 Å². The van der Waals surface area contributed by atoms with E-state index in [1.807, 2.05) is 30.3 Å². The summed E-state index contributed by atoms with van der Waals surface area (Å²) in [6.07, 6.45) is 9.76. The first-order valence-corrected chi connectivity index (χ1v) is 7.59. The molecule has 0 bridgehead atoms. The smallest absolute Gasteiger partial charge is 0.245 e. The van der Waals surface area contributed by atoms with Gasteiger partial charge < -0.3 is 0 Å². The molecule has 103 valence electrons. The summed E-state index contributed by atoms with van der Waals surface area (Å²) < 4.78 is 0. The Morgan fingerprint density at radius 3 is 2.58 bits per heavy atom. The normalized spacial score (nSPS) is 16.2. The molecule has 1 amide bonds. The van der Waals surface area contributed by atoms with Crippen LogP contribution >= 0.6 is 0 Å². The van der Waals surface area contributed by atoms with Crippen LogP contribution in [0, 0.1) is 5.92 Å². The molecule has 0 atom stereocenters. The van der Waals surface area contributed by atoms with Gasteiger partial charge in [0.15, 0.2) is 0 Å². The van der Waals surface area contributed by atoms with Gasteiger partial charge in [0, 0.05) is 6.54 Å². The van der Waals surface area contributed by atoms with Crippen LogP contribution in [0.4, 0.5) is 0 Å². The maximum atomic E-state index is 11.7. The molecule has 1 radical (unpaired) electrons. The van der Waals surface area contributed by atoms with Crippen molar-refractivity contribution in [3.05, 3.63) is 35.9 Å². The second-order valence-corrected chi connectivity index (χ2v) is 5.58. The van der Waals surface area contributed by atoms with E-state index in [2.05, 4.69) is 5.32 Å². The molecule has 1 fully saturated rings. The fourth-order valence-electron chi connectivity index (χ4n) is 2.89. The SMILES string of the molecule is O=C(Cc1ccccc1)[N]CCCC1CCCCC1. The van der Waals surface area contributed by atoms with Crippen LogP contribution in [-0.4, -0.2) is 12.5 Å². The number of benzene rings is 1. The molecule has 2 rings (SSSR count). The van der Waals surface area contributed by atoms with Gasteiger partial charge in [0.1, 0.15) is 0 Å². The maximum absolute atomic E-state index is 11.7. The molecule has 2 heteroatoms. The fraction of sp³-hybridized carbons (Fsp3) is 0.588. The Kier molecular flexibility index (Phi) is 5.93. The molecule has 1 aliphatic rings. The van der Waals surface area contributed by atoms with Gasteiger partial charge in [-0.1, -0.05) is 62.4 Å². The summed E-state index contributed by atoms with van der Waals surface area (Å²) in [4.78, 5) is 11.7. The third kappa shape index (κ3) is 5.46. The summed E-state index contributed by atoms with van der Waals surface area (Å²) >= 11 is 0. The number of nitrogens with zero attached hydrogens (tertiary/aromatic N) is 1. The number of hydrogen-bond acceptors (Lipinski definition) is 1. The predicted molar refractivity (Wildman–Crippen MR) is 78.0 cm³/mol. The zero-order valence-corrected chi connectivity index (χ0v) is 11.7. The molecule has 0 N–H and O–H groups in total. The van der Waals surface area contributed by atoms with Gasteiger partial charge in [0.2, 0.25) is 5.91 Å². The van der Waals surface area contributed by atoms with E-state index < -0.39 is 0 Å². The van der Waals surface area contributed by atoms with Crippen molar-refractivity contribution in [2.24, 2.45) is 5.92 Å². The number of amides is 1. The first kappa shape index (κ1) is 14.1. The predicted octanol–water partition coefficient (Wildman–Crippen LogP) is 3.72. The number of carbonyl (C=O) groups is 1. The molecule has 0 saturated heterocycles. The van der Waals surface area contributed by atoms with Crippen LogP contribution in [-0.2, 0) is 11.2 Å². The Morgan fingerprint density at radius 1 is 1.11 bits per heavy atom. The fourth-order valence-corrected chi connectivity index (χ4v) is 2.89. The van der Waals surface area contributed by atoms with Crippen molar-refractivity contribution in [3.8, 4) is 0 Å². The zero-order valence-electron chi connectivity index (χ0n) is 11.7. The molecular formula is C17H24NO. The first-order chi connectivity index (χ1) is 9.34. The summed E-state index contributed by atoms with van der Waals surface area (Å²) in [7, 11) is 0. The summed E-state index contributed by atoms with van der Waals surface area (Å²) in [5.41, 5.74) is 1.06. The van der Waals surface area contributed by atoms with Crippen LogP contribution in [0.3, 0.4) is 0 Å². The third-order valence-electron chi connectivity index (χ3n) is 3.98. The Morgan fingerprint density at radius 2 is 1.84 bits per heavy atom. The van der Waals surface area contributed by atoms with E-state index in [9.17, 15) is 4.79 Å². The van der Waals surface area contributed by atoms with Gasteiger partial charge in [-0.2, -0.15) is 0 Å². The molecule has 1 aromatic rings. The highest BCUT2D eigenvalue weighted by atomic mass is 16.1. The summed E-state index contributed by atoms with van der Waals surface area (Å²) in [5.74, 6) is 0.919. The van der Waals surface area contributed by atoms with Gasteiger partial charge >= 0.3 is 0 Å². The molecule has 0 aliphatic heterocycles. The van der Waals surface area contributed by atoms with E-state index in [1.54, 1.807) is 0 Å². The number of hydrogen-bond donors (Lipinski definition) is 0. The van der Waals surface area contributed by atoms with Crippen LogP contribution in [0.5, 0.6) is 0 Å². The van der Waals surface area contributed by atoms with E-state index in [0.717, 1.165) is 17.9 Å². The molecule has 0 aromatic heterocycles. The topological polar surface area (TPSA) is 31.2 Å². The largest absolute Gasteiger partial charge is 0.273 e. The Labute approximate surface area is 116 Å². The summed E-state index contributed by atoms with van der Waals surface area (Å²) in [6.45, 7) is 0.710. The van der Waals surface area contributed by atoms with Crippen LogP contribution < -0.4 is 5.32 Å². The molecule has 1 saturated carbocycles. The van der Waals surface area contributed by atoms with Crippen LogP contribution in [0.2, 0.25) is 0 Å². The minimum absolute atomic E-state index is 0.0230. The van der Waals surface area contributed by atoms with Crippen LogP contribution in [0.15, 0.2) is 30.3 Å². The van der Waals surface area contributed by atoms with Crippen molar-refractivity contribution in [1.82, 2.24) is 5.32 Å². The lowest BCUT2D eigenvalue weighted by atomic mass is 9.86. The monoisotopic (exact) mass is 258 g/mol. The Balaban J connectivity index is 1.56. The highest BCUT2D eigenvalue weighted by molar-refractivity contribution is 5.78. The van der Waals surface area contributed by atoms with Crippen molar-refractivity contribution in [3.63, 3.8) is 0 Å². The van der Waals surface area contributed by atoms with Gasteiger partial charge in [-0.15, -0.1) is 0 Å². The lowest BCUT2D eigenvalue weighted by Crippen LogP contribution is -2.19. The van der Waals surface area contributed by atoms with Crippen molar-refractivity contribution in [1.29, 1.82) is 0 Å². The minimum Gasteiger partial charge on any atom is -0.273 e. The summed E-state index contributed by atoms with van der Waals surface area (Å²) in [6, 6.07) is 9.86. The third-order valence-corrected chi connectivity index (χ3v) is 3.98. The maximum Gasteiger partial charge on any atom is 0.245 e. The van der Waals surface area contributed by atoms with Crippen molar-refractivity contribution < 1.29 is 4.79 Å². The Hall–Kier alpha value is -1.31. The minimum atomic E-state index is 0.0230. The summed E-state index contributed by atoms with van der Waals surface area (Å²) in [5, 5.41) is 4.16. The lowest BCUT2D eigenvalue weighted by molar-refractivity contribution is -0.120. The van der Waals surface area contributed by atoms with Gasteiger partial charge in [0.05, 0.1) is 6.42 Å². The van der Waals surface area contributed by atoms with E-state index in [1.165, 1.54) is 38.5 Å². The number of carbonyl (C=O) groups excluding carboxylic acids is 1. The van der Waals surface area contributed by atoms with E-state index in [4.69, 9.17) is 0 Å². The van der Waals surface area contributed by atoms with Gasteiger partial charge in [-0.25, -0.2) is 0 Å². The molecule has 0 spiro atoms. The highest BCUT2D eigenvalue weighted by Crippen LogP contribution is 2.26. The van der Waals surface area contributed by atoms with Crippen molar-refractivity contribution in [2.45, 2.75) is 51.4 Å². The Bertz CT molecular complexity index is 368. The van der Waals surface area contributed by atoms with Gasteiger partial charge in [-0.05, 0) is 24.3 Å². The molecule has 1 aliphatic carbocycles. The van der Waals surface area contributed by atoms with Crippen molar-refractivity contribution in [2.75, 3.05) is 6.54 Å². The zero-order chi connectivity index (χ0) is 13.3. The van der Waals surface area contributed by atoms with E-state index in [0.29, 0.717) is 13.0 Å². The molecule has 1 aromatic carbocycles. The van der Waals surface area contributed by atoms with Crippen LogP contribution in [0.1, 0.15) is 50.5 Å². The van der Waals surface area contributed by atoms with E-state index in [-0.39, 0.29) is 5.91 Å².